The monoisotopic (exact) mass is 436 g/mol. The molecule has 0 radical (unpaired) electrons. The van der Waals surface area contributed by atoms with Crippen LogP contribution in [-0.2, 0) is 0 Å². The van der Waals surface area contributed by atoms with Crippen molar-refractivity contribution in [1.82, 2.24) is 0 Å². The largest absolute Gasteiger partial charge is 0.426 e. The first-order valence-electron chi connectivity index (χ1n) is 6.02. The highest BCUT2D eigenvalue weighted by atomic mass is 127. The Morgan fingerprint density at radius 2 is 1.55 bits per heavy atom. The van der Waals surface area contributed by atoms with Gasteiger partial charge in [0.25, 0.3) is 5.60 Å². The molecule has 1 N–H and O–H groups in total. The maximum Gasteiger partial charge on any atom is 0.426 e. The molecule has 2 aliphatic carbocycles. The third kappa shape index (κ3) is 2.53. The Kier molecular flexibility index (Phi) is 4.27. The van der Waals surface area contributed by atoms with Gasteiger partial charge in [-0.05, 0) is 37.0 Å². The number of hydrogen-bond acceptors (Lipinski definition) is 1. The second-order valence-electron chi connectivity index (χ2n) is 5.58. The summed E-state index contributed by atoms with van der Waals surface area (Å²) < 4.78 is 75.8. The third-order valence-electron chi connectivity index (χ3n) is 4.46. The van der Waals surface area contributed by atoms with Crippen molar-refractivity contribution in [2.24, 2.45) is 17.8 Å². The Labute approximate surface area is 130 Å². The van der Waals surface area contributed by atoms with E-state index in [0.29, 0.717) is 12.8 Å². The zero-order valence-corrected chi connectivity index (χ0v) is 12.9. The Hall–Kier alpha value is 0.560. The predicted octanol–water partition coefficient (Wildman–Crippen LogP) is 4.30. The second-order valence-corrected chi connectivity index (χ2v) is 7.58. The van der Waals surface area contributed by atoms with Crippen LogP contribution in [0.15, 0.2) is 0 Å². The summed E-state index contributed by atoms with van der Waals surface area (Å²) in [4.78, 5) is 0. The van der Waals surface area contributed by atoms with Crippen LogP contribution < -0.4 is 0 Å². The first kappa shape index (κ1) is 16.9. The lowest BCUT2D eigenvalue weighted by atomic mass is 9.79. The summed E-state index contributed by atoms with van der Waals surface area (Å²) in [6, 6.07) is 0. The number of aliphatic hydroxyl groups is 1. The molecule has 2 rings (SSSR count). The summed E-state index contributed by atoms with van der Waals surface area (Å²) in [5.74, 6) is -1.16. The van der Waals surface area contributed by atoms with E-state index in [1.165, 1.54) is 0 Å². The molecule has 0 heterocycles. The minimum absolute atomic E-state index is 0.0713. The molecule has 9 heteroatoms. The SMILES string of the molecule is OC(CC1C2CC(Cl)C(C2)C1I)(C(F)(F)F)C(F)(F)F. The Morgan fingerprint density at radius 1 is 1.05 bits per heavy atom. The maximum absolute atomic E-state index is 12.7. The lowest BCUT2D eigenvalue weighted by Crippen LogP contribution is -2.58. The van der Waals surface area contributed by atoms with Crippen LogP contribution in [0.5, 0.6) is 0 Å². The highest BCUT2D eigenvalue weighted by Crippen LogP contribution is 2.58. The lowest BCUT2D eigenvalue weighted by molar-refractivity contribution is -0.373. The Balaban J connectivity index is 2.23. The average Bonchev–Trinajstić information content (AvgIpc) is 2.74. The molecule has 118 valence electrons. The molecule has 0 amide bonds. The first-order chi connectivity index (χ1) is 8.88. The van der Waals surface area contributed by atoms with Gasteiger partial charge in [0.05, 0.1) is 0 Å². The summed E-state index contributed by atoms with van der Waals surface area (Å²) in [6.45, 7) is 0. The van der Waals surface area contributed by atoms with E-state index in [1.54, 1.807) is 0 Å². The van der Waals surface area contributed by atoms with E-state index >= 15 is 0 Å². The molecule has 0 spiro atoms. The average molecular weight is 437 g/mol. The van der Waals surface area contributed by atoms with E-state index in [-0.39, 0.29) is 21.1 Å². The van der Waals surface area contributed by atoms with Gasteiger partial charge in [0.1, 0.15) is 0 Å². The van der Waals surface area contributed by atoms with Crippen molar-refractivity contribution < 1.29 is 31.4 Å². The van der Waals surface area contributed by atoms with Gasteiger partial charge >= 0.3 is 12.4 Å². The molecule has 0 aromatic rings. The minimum atomic E-state index is -5.73. The van der Waals surface area contributed by atoms with Gasteiger partial charge in [0.2, 0.25) is 0 Å². The van der Waals surface area contributed by atoms with Gasteiger partial charge in [-0.1, -0.05) is 22.6 Å². The van der Waals surface area contributed by atoms with E-state index in [4.69, 9.17) is 11.6 Å². The molecule has 1 nitrogen and oxygen atoms in total. The number of hydrogen-bond donors (Lipinski definition) is 1. The fourth-order valence-corrected chi connectivity index (χ4v) is 5.70. The minimum Gasteiger partial charge on any atom is -0.374 e. The van der Waals surface area contributed by atoms with Crippen molar-refractivity contribution in [2.45, 2.75) is 46.5 Å². The van der Waals surface area contributed by atoms with Crippen molar-refractivity contribution >= 4 is 34.2 Å². The number of fused-ring (bicyclic) bond motifs is 2. The van der Waals surface area contributed by atoms with Gasteiger partial charge in [-0.15, -0.1) is 11.6 Å². The lowest BCUT2D eigenvalue weighted by Gasteiger charge is -2.38. The van der Waals surface area contributed by atoms with Crippen LogP contribution >= 0.6 is 34.2 Å². The molecule has 5 unspecified atom stereocenters. The van der Waals surface area contributed by atoms with Crippen molar-refractivity contribution in [3.63, 3.8) is 0 Å². The summed E-state index contributed by atoms with van der Waals surface area (Å²) >= 11 is 7.88. The summed E-state index contributed by atoms with van der Waals surface area (Å²) in [7, 11) is 0. The topological polar surface area (TPSA) is 20.2 Å². The van der Waals surface area contributed by atoms with Crippen LogP contribution in [0.1, 0.15) is 19.3 Å². The van der Waals surface area contributed by atoms with Gasteiger partial charge in [-0.2, -0.15) is 26.3 Å². The molecule has 2 fully saturated rings. The van der Waals surface area contributed by atoms with Crippen LogP contribution in [0.2, 0.25) is 0 Å². The van der Waals surface area contributed by atoms with Crippen LogP contribution in [0.4, 0.5) is 26.3 Å². The van der Waals surface area contributed by atoms with Crippen LogP contribution in [0, 0.1) is 17.8 Å². The van der Waals surface area contributed by atoms with Crippen molar-refractivity contribution in [3.8, 4) is 0 Å². The molecule has 0 aromatic heterocycles. The van der Waals surface area contributed by atoms with Crippen molar-refractivity contribution in [3.05, 3.63) is 0 Å². The normalized spacial score (nSPS) is 38.5. The summed E-state index contributed by atoms with van der Waals surface area (Å²) in [6.07, 6.45) is -11.8. The van der Waals surface area contributed by atoms with Gasteiger partial charge in [-0.25, -0.2) is 0 Å². The molecule has 0 saturated heterocycles. The van der Waals surface area contributed by atoms with E-state index in [0.717, 1.165) is 0 Å². The molecular formula is C11H12ClF6IO. The quantitative estimate of drug-likeness (QED) is 0.389. The highest BCUT2D eigenvalue weighted by molar-refractivity contribution is 14.1. The first-order valence-corrected chi connectivity index (χ1v) is 7.70. The standard InChI is InChI=1S/C11H12ClF6IO/c12-7-2-4-1-5(7)8(19)6(4)3-9(20,10(13,14)15)11(16,17)18/h4-8,20H,1-3H2. The fraction of sp³-hybridized carbons (Fsp3) is 1.00. The number of rotatable bonds is 2. The molecule has 2 bridgehead atoms. The molecule has 2 aliphatic rings. The summed E-state index contributed by atoms with van der Waals surface area (Å²) in [5, 5.41) is 9.08. The smallest absolute Gasteiger partial charge is 0.374 e. The zero-order chi connectivity index (χ0) is 15.5. The zero-order valence-electron chi connectivity index (χ0n) is 9.98. The number of halogens is 8. The Bertz CT molecular complexity index is 368. The van der Waals surface area contributed by atoms with E-state index in [9.17, 15) is 31.4 Å². The molecule has 20 heavy (non-hydrogen) atoms. The van der Waals surface area contributed by atoms with Gasteiger partial charge in [-0.3, -0.25) is 0 Å². The van der Waals surface area contributed by atoms with E-state index < -0.39 is 30.3 Å². The fourth-order valence-electron chi connectivity index (χ4n) is 3.33. The predicted molar refractivity (Wildman–Crippen MR) is 68.8 cm³/mol. The van der Waals surface area contributed by atoms with Gasteiger partial charge in [0.15, 0.2) is 0 Å². The summed E-state index contributed by atoms with van der Waals surface area (Å²) in [5.41, 5.74) is -4.64. The molecule has 0 aromatic carbocycles. The van der Waals surface area contributed by atoms with Crippen molar-refractivity contribution in [2.75, 3.05) is 0 Å². The maximum atomic E-state index is 12.7. The number of alkyl halides is 8. The molecule has 0 aliphatic heterocycles. The third-order valence-corrected chi connectivity index (χ3v) is 6.81. The molecule has 2 saturated carbocycles. The molecule has 5 atom stereocenters. The van der Waals surface area contributed by atoms with Gasteiger partial charge in [0, 0.05) is 9.30 Å². The van der Waals surface area contributed by atoms with E-state index in [1.807, 2.05) is 22.6 Å². The van der Waals surface area contributed by atoms with Crippen LogP contribution in [0.25, 0.3) is 0 Å². The van der Waals surface area contributed by atoms with Crippen molar-refractivity contribution in [1.29, 1.82) is 0 Å². The van der Waals surface area contributed by atoms with Crippen LogP contribution in [0.3, 0.4) is 0 Å². The van der Waals surface area contributed by atoms with E-state index in [2.05, 4.69) is 0 Å². The highest BCUT2D eigenvalue weighted by Gasteiger charge is 2.72. The molecular weight excluding hydrogens is 424 g/mol. The second kappa shape index (κ2) is 5.04. The van der Waals surface area contributed by atoms with Crippen LogP contribution in [-0.4, -0.2) is 32.4 Å². The van der Waals surface area contributed by atoms with Gasteiger partial charge < -0.3 is 5.11 Å². The Morgan fingerprint density at radius 3 is 1.90 bits per heavy atom.